The van der Waals surface area contributed by atoms with Crippen molar-refractivity contribution in [1.82, 2.24) is 4.90 Å². The van der Waals surface area contributed by atoms with Gasteiger partial charge in [-0.3, -0.25) is 9.59 Å². The van der Waals surface area contributed by atoms with Gasteiger partial charge in [-0.15, -0.1) is 0 Å². The summed E-state index contributed by atoms with van der Waals surface area (Å²) < 4.78 is 11.0. The first-order chi connectivity index (χ1) is 13.5. The second kappa shape index (κ2) is 8.73. The van der Waals surface area contributed by atoms with Crippen molar-refractivity contribution in [2.45, 2.75) is 71.1 Å². The molecule has 5 rings (SSSR count). The fraction of sp³-hybridized carbons (Fsp3) is 0.913. The summed E-state index contributed by atoms with van der Waals surface area (Å²) in [6.45, 7) is 5.67. The predicted molar refractivity (Wildman–Crippen MR) is 107 cm³/mol. The SMILES string of the molecule is CC(COC(=O)CCN1CCCC1)COC(=O)CC12CC3CC(CC(C3)C1)C2. The van der Waals surface area contributed by atoms with Gasteiger partial charge in [0.1, 0.15) is 0 Å². The minimum absolute atomic E-state index is 0.0471. The lowest BCUT2D eigenvalue weighted by Crippen LogP contribution is -2.47. The van der Waals surface area contributed by atoms with Crippen LogP contribution in [0.4, 0.5) is 0 Å². The summed E-state index contributed by atoms with van der Waals surface area (Å²) in [5, 5.41) is 0. The van der Waals surface area contributed by atoms with E-state index in [1.807, 2.05) is 6.92 Å². The van der Waals surface area contributed by atoms with Crippen molar-refractivity contribution >= 4 is 11.9 Å². The molecule has 1 aliphatic heterocycles. The Labute approximate surface area is 169 Å². The lowest BCUT2D eigenvalue weighted by Gasteiger charge is -2.56. The highest BCUT2D eigenvalue weighted by atomic mass is 16.5. The molecule has 1 atom stereocenters. The second-order valence-electron chi connectivity index (χ2n) is 10.4. The lowest BCUT2D eigenvalue weighted by atomic mass is 9.49. The Morgan fingerprint density at radius 3 is 2.04 bits per heavy atom. The first-order valence-electron chi connectivity index (χ1n) is 11.5. The standard InChI is InChI=1S/C23H37NO4/c1-17(15-27-21(25)4-7-24-5-2-3-6-24)16-28-22(26)14-23-11-18-8-19(12-23)10-20(9-18)13-23/h17-20H,2-16H2,1H3. The fourth-order valence-corrected chi connectivity index (χ4v) is 6.71. The molecule has 1 heterocycles. The topological polar surface area (TPSA) is 55.8 Å². The number of rotatable bonds is 9. The van der Waals surface area contributed by atoms with Crippen LogP contribution >= 0.6 is 0 Å². The van der Waals surface area contributed by atoms with Crippen molar-refractivity contribution < 1.29 is 19.1 Å². The Kier molecular flexibility index (Phi) is 6.29. The third kappa shape index (κ3) is 5.08. The summed E-state index contributed by atoms with van der Waals surface area (Å²) in [5.74, 6) is 2.44. The molecule has 1 unspecified atom stereocenters. The van der Waals surface area contributed by atoms with E-state index in [2.05, 4.69) is 4.90 Å². The number of nitrogens with zero attached hydrogens (tertiary/aromatic N) is 1. The Morgan fingerprint density at radius 1 is 0.929 bits per heavy atom. The average Bonchev–Trinajstić information content (AvgIpc) is 3.15. The molecule has 0 spiro atoms. The van der Waals surface area contributed by atoms with Gasteiger partial charge in [0.25, 0.3) is 0 Å². The highest BCUT2D eigenvalue weighted by molar-refractivity contribution is 5.70. The zero-order chi connectivity index (χ0) is 19.6. The van der Waals surface area contributed by atoms with Crippen LogP contribution in [0, 0.1) is 29.1 Å². The summed E-state index contributed by atoms with van der Waals surface area (Å²) in [7, 11) is 0. The van der Waals surface area contributed by atoms with Crippen molar-refractivity contribution in [2.75, 3.05) is 32.8 Å². The molecule has 5 aliphatic rings. The minimum atomic E-state index is -0.140. The number of hydrogen-bond acceptors (Lipinski definition) is 5. The van der Waals surface area contributed by atoms with Crippen LogP contribution in [0.1, 0.15) is 71.1 Å². The smallest absolute Gasteiger partial charge is 0.307 e. The van der Waals surface area contributed by atoms with Crippen LogP contribution in [0.3, 0.4) is 0 Å². The van der Waals surface area contributed by atoms with E-state index in [0.717, 1.165) is 37.4 Å². The molecule has 1 saturated heterocycles. The highest BCUT2D eigenvalue weighted by Gasteiger charge is 2.51. The number of hydrogen-bond donors (Lipinski definition) is 0. The maximum absolute atomic E-state index is 12.5. The van der Waals surface area contributed by atoms with E-state index < -0.39 is 0 Å². The maximum atomic E-state index is 12.5. The molecule has 28 heavy (non-hydrogen) atoms. The van der Waals surface area contributed by atoms with E-state index in [-0.39, 0.29) is 23.3 Å². The predicted octanol–water partition coefficient (Wildman–Crippen LogP) is 3.80. The molecule has 0 radical (unpaired) electrons. The summed E-state index contributed by atoms with van der Waals surface area (Å²) >= 11 is 0. The monoisotopic (exact) mass is 391 g/mol. The van der Waals surface area contributed by atoms with Crippen LogP contribution in [0.25, 0.3) is 0 Å². The highest BCUT2D eigenvalue weighted by Crippen LogP contribution is 2.61. The number of likely N-dealkylation sites (tertiary alicyclic amines) is 1. The molecular formula is C23H37NO4. The molecule has 0 aromatic carbocycles. The maximum Gasteiger partial charge on any atom is 0.307 e. The van der Waals surface area contributed by atoms with Crippen LogP contribution in [-0.4, -0.2) is 49.7 Å². The Morgan fingerprint density at radius 2 is 1.46 bits per heavy atom. The van der Waals surface area contributed by atoms with Gasteiger partial charge < -0.3 is 14.4 Å². The van der Waals surface area contributed by atoms with Crippen LogP contribution in [0.2, 0.25) is 0 Å². The molecule has 0 aromatic rings. The molecular weight excluding hydrogens is 354 g/mol. The van der Waals surface area contributed by atoms with E-state index in [0.29, 0.717) is 26.1 Å². The quantitative estimate of drug-likeness (QED) is 0.560. The van der Waals surface area contributed by atoms with Crippen LogP contribution < -0.4 is 0 Å². The van der Waals surface area contributed by atoms with Gasteiger partial charge in [0, 0.05) is 12.5 Å². The van der Waals surface area contributed by atoms with Crippen LogP contribution in [0.15, 0.2) is 0 Å². The molecule has 4 saturated carbocycles. The average molecular weight is 392 g/mol. The summed E-state index contributed by atoms with van der Waals surface area (Å²) in [6.07, 6.45) is 11.4. The van der Waals surface area contributed by atoms with Crippen LogP contribution in [-0.2, 0) is 19.1 Å². The largest absolute Gasteiger partial charge is 0.465 e. The third-order valence-electron chi connectivity index (χ3n) is 7.57. The van der Waals surface area contributed by atoms with Gasteiger partial charge >= 0.3 is 11.9 Å². The third-order valence-corrected chi connectivity index (χ3v) is 7.57. The van der Waals surface area contributed by atoms with E-state index in [4.69, 9.17) is 9.47 Å². The lowest BCUT2D eigenvalue weighted by molar-refractivity contribution is -0.154. The Bertz CT molecular complexity index is 534. The van der Waals surface area contributed by atoms with Crippen molar-refractivity contribution in [3.63, 3.8) is 0 Å². The molecule has 0 N–H and O–H groups in total. The number of esters is 2. The van der Waals surface area contributed by atoms with Crippen molar-refractivity contribution in [1.29, 1.82) is 0 Å². The van der Waals surface area contributed by atoms with E-state index >= 15 is 0 Å². The van der Waals surface area contributed by atoms with Gasteiger partial charge in [-0.1, -0.05) is 6.92 Å². The normalized spacial score (nSPS) is 35.1. The first-order valence-corrected chi connectivity index (χ1v) is 11.5. The van der Waals surface area contributed by atoms with Crippen LogP contribution in [0.5, 0.6) is 0 Å². The Hall–Kier alpha value is -1.10. The van der Waals surface area contributed by atoms with Crippen molar-refractivity contribution in [3.05, 3.63) is 0 Å². The Balaban J connectivity index is 1.11. The summed E-state index contributed by atoms with van der Waals surface area (Å²) in [5.41, 5.74) is 0.233. The molecule has 4 bridgehead atoms. The minimum Gasteiger partial charge on any atom is -0.465 e. The van der Waals surface area contributed by atoms with Gasteiger partial charge in [-0.05, 0) is 87.6 Å². The summed E-state index contributed by atoms with van der Waals surface area (Å²) in [6, 6.07) is 0. The molecule has 5 heteroatoms. The van der Waals surface area contributed by atoms with Gasteiger partial charge in [-0.25, -0.2) is 0 Å². The number of ether oxygens (including phenoxy) is 2. The van der Waals surface area contributed by atoms with Gasteiger partial charge in [0.05, 0.1) is 26.1 Å². The van der Waals surface area contributed by atoms with Crippen molar-refractivity contribution in [3.8, 4) is 0 Å². The van der Waals surface area contributed by atoms with Crippen molar-refractivity contribution in [2.24, 2.45) is 29.1 Å². The first kappa shape index (κ1) is 20.2. The molecule has 0 aromatic heterocycles. The molecule has 4 aliphatic carbocycles. The van der Waals surface area contributed by atoms with Gasteiger partial charge in [0.2, 0.25) is 0 Å². The molecule has 5 fully saturated rings. The van der Waals surface area contributed by atoms with E-state index in [9.17, 15) is 9.59 Å². The number of carbonyl (C=O) groups is 2. The van der Waals surface area contributed by atoms with Gasteiger partial charge in [0.15, 0.2) is 0 Å². The zero-order valence-electron chi connectivity index (χ0n) is 17.5. The fourth-order valence-electron chi connectivity index (χ4n) is 6.71. The van der Waals surface area contributed by atoms with E-state index in [1.54, 1.807) is 0 Å². The number of carbonyl (C=O) groups excluding carboxylic acids is 2. The van der Waals surface area contributed by atoms with E-state index in [1.165, 1.54) is 51.4 Å². The van der Waals surface area contributed by atoms with Gasteiger partial charge in [-0.2, -0.15) is 0 Å². The zero-order valence-corrected chi connectivity index (χ0v) is 17.5. The summed E-state index contributed by atoms with van der Waals surface area (Å²) in [4.78, 5) is 26.7. The molecule has 158 valence electrons. The second-order valence-corrected chi connectivity index (χ2v) is 10.4. The molecule has 0 amide bonds. The molecule has 5 nitrogen and oxygen atoms in total.